The number of halogens is 4. The van der Waals surface area contributed by atoms with Gasteiger partial charge >= 0.3 is 6.18 Å². The molecule has 34 heavy (non-hydrogen) atoms. The number of benzene rings is 2. The third-order valence-corrected chi connectivity index (χ3v) is 7.28. The summed E-state index contributed by atoms with van der Waals surface area (Å²) in [5, 5.41) is 21.1. The van der Waals surface area contributed by atoms with Crippen molar-refractivity contribution in [3.05, 3.63) is 70.6 Å². The van der Waals surface area contributed by atoms with Gasteiger partial charge in [0.2, 0.25) is 21.4 Å². The zero-order valence-corrected chi connectivity index (χ0v) is 18.2. The Morgan fingerprint density at radius 3 is 2.35 bits per heavy atom. The molecule has 3 rings (SSSR count). The predicted molar refractivity (Wildman–Crippen MR) is 110 cm³/mol. The topological polar surface area (TPSA) is 95.8 Å². The van der Waals surface area contributed by atoms with Crippen LogP contribution in [0.25, 0.3) is 9.69 Å². The smallest absolute Gasteiger partial charge is 0.415 e. The predicted octanol–water partition coefficient (Wildman–Crippen LogP) is 3.51. The quantitative estimate of drug-likeness (QED) is 0.485. The highest BCUT2D eigenvalue weighted by Crippen LogP contribution is 2.39. The molecule has 1 aliphatic heterocycles. The monoisotopic (exact) mass is 499 g/mol. The van der Waals surface area contributed by atoms with Crippen molar-refractivity contribution in [3.63, 3.8) is 0 Å². The van der Waals surface area contributed by atoms with E-state index in [0.717, 1.165) is 12.1 Å². The molecule has 1 aliphatic rings. The van der Waals surface area contributed by atoms with Gasteiger partial charge in [0.25, 0.3) is 0 Å². The lowest BCUT2D eigenvalue weighted by atomic mass is 9.94. The molecule has 0 saturated carbocycles. The summed E-state index contributed by atoms with van der Waals surface area (Å²) >= 11 is 0. The lowest BCUT2D eigenvalue weighted by molar-refractivity contribution is -0.137. The summed E-state index contributed by atoms with van der Waals surface area (Å²) in [4.78, 5) is 5.15. The normalized spacial score (nSPS) is 22.1. The number of hydrogen-bond donors (Lipinski definition) is 2. The van der Waals surface area contributed by atoms with Crippen LogP contribution in [0.5, 0.6) is 5.75 Å². The summed E-state index contributed by atoms with van der Waals surface area (Å²) in [7, 11) is -4.61. The number of alkyl halides is 3. The van der Waals surface area contributed by atoms with Crippen LogP contribution in [-0.2, 0) is 16.2 Å². The average Bonchev–Trinajstić information content (AvgIpc) is 3.11. The second kappa shape index (κ2) is 8.85. The Morgan fingerprint density at radius 1 is 1.18 bits per heavy atom. The molecule has 1 saturated heterocycles. The number of aliphatic hydroxyl groups excluding tert-OH is 1. The molecule has 1 fully saturated rings. The van der Waals surface area contributed by atoms with Crippen LogP contribution in [0.3, 0.4) is 0 Å². The van der Waals surface area contributed by atoms with E-state index in [1.165, 1.54) is 13.0 Å². The highest BCUT2D eigenvalue weighted by atomic mass is 32.2. The number of β-amino-alcohol motifs (C(OH)–C–C–N with tert-alkyl or cyclic N) is 1. The molecule has 2 N–H and O–H groups in total. The van der Waals surface area contributed by atoms with Crippen LogP contribution in [0.4, 0.5) is 28.9 Å². The minimum absolute atomic E-state index is 0.149. The van der Waals surface area contributed by atoms with E-state index in [0.29, 0.717) is 22.5 Å². The standard InChI is InChI=1S/C21H17F4N3O5S/c1-12(29)20(30)11-28(10-19(20)33-14-5-6-16(26-2)15(22)9-14)34(31,32)18-7-4-13(21(23,24)25)8-17(18)27-3/h4-9,12,19,29-30H,10-11H2,1H3/t12-,19-,20-/m0/s1. The van der Waals surface area contributed by atoms with Gasteiger partial charge in [-0.3, -0.25) is 0 Å². The zero-order chi connectivity index (χ0) is 25.5. The van der Waals surface area contributed by atoms with Crippen LogP contribution in [0.2, 0.25) is 0 Å². The van der Waals surface area contributed by atoms with Crippen molar-refractivity contribution < 1.29 is 40.9 Å². The molecule has 0 spiro atoms. The molecule has 13 heteroatoms. The summed E-state index contributed by atoms with van der Waals surface area (Å²) in [6, 6.07) is 4.79. The summed E-state index contributed by atoms with van der Waals surface area (Å²) in [5.74, 6) is -1.06. The van der Waals surface area contributed by atoms with Crippen LogP contribution in [0.1, 0.15) is 12.5 Å². The lowest BCUT2D eigenvalue weighted by Gasteiger charge is -2.31. The van der Waals surface area contributed by atoms with Crippen molar-refractivity contribution in [2.75, 3.05) is 13.1 Å². The molecule has 2 aromatic rings. The molecule has 0 unspecified atom stereocenters. The van der Waals surface area contributed by atoms with Gasteiger partial charge in [-0.05, 0) is 25.1 Å². The molecular weight excluding hydrogens is 482 g/mol. The molecule has 2 aromatic carbocycles. The molecular formula is C21H17F4N3O5S. The molecule has 0 aliphatic carbocycles. The van der Waals surface area contributed by atoms with Gasteiger partial charge in [0.1, 0.15) is 23.3 Å². The number of ether oxygens (including phenoxy) is 1. The minimum Gasteiger partial charge on any atom is -0.486 e. The van der Waals surface area contributed by atoms with Gasteiger partial charge in [-0.15, -0.1) is 0 Å². The van der Waals surface area contributed by atoms with E-state index < -0.39 is 69.1 Å². The maximum absolute atomic E-state index is 13.9. The Balaban J connectivity index is 1.97. The molecule has 3 atom stereocenters. The van der Waals surface area contributed by atoms with E-state index in [1.54, 1.807) is 0 Å². The molecule has 0 amide bonds. The zero-order valence-electron chi connectivity index (χ0n) is 17.4. The summed E-state index contributed by atoms with van der Waals surface area (Å²) < 4.78 is 85.4. The molecule has 0 bridgehead atoms. The van der Waals surface area contributed by atoms with E-state index in [1.807, 2.05) is 0 Å². The fraction of sp³-hybridized carbons (Fsp3) is 0.333. The third-order valence-electron chi connectivity index (χ3n) is 5.42. The van der Waals surface area contributed by atoms with Crippen molar-refractivity contribution in [3.8, 4) is 5.75 Å². The molecule has 0 radical (unpaired) electrons. The third kappa shape index (κ3) is 4.56. The van der Waals surface area contributed by atoms with E-state index in [9.17, 15) is 36.2 Å². The summed E-state index contributed by atoms with van der Waals surface area (Å²) in [6.07, 6.45) is -7.73. The SMILES string of the molecule is [C-]#[N+]c1ccc(O[C@H]2CN(S(=O)(=O)c3ccc(C(F)(F)F)cc3[N+]#[C-])C[C@]2(O)[C@H](C)O)cc1F. The number of rotatable bonds is 5. The van der Waals surface area contributed by atoms with Crippen molar-refractivity contribution >= 4 is 21.4 Å². The van der Waals surface area contributed by atoms with Gasteiger partial charge in [0.15, 0.2) is 0 Å². The number of nitrogens with zero attached hydrogens (tertiary/aromatic N) is 3. The first-order chi connectivity index (χ1) is 15.7. The number of sulfonamides is 1. The number of hydrogen-bond acceptors (Lipinski definition) is 5. The Morgan fingerprint density at radius 2 is 1.82 bits per heavy atom. The maximum Gasteiger partial charge on any atom is 0.415 e. The first-order valence-corrected chi connectivity index (χ1v) is 11.0. The lowest BCUT2D eigenvalue weighted by Crippen LogP contribution is -2.53. The summed E-state index contributed by atoms with van der Waals surface area (Å²) in [5.41, 5.74) is -4.43. The van der Waals surface area contributed by atoms with Gasteiger partial charge in [-0.2, -0.15) is 17.5 Å². The van der Waals surface area contributed by atoms with Gasteiger partial charge in [-0.1, -0.05) is 12.1 Å². The van der Waals surface area contributed by atoms with Crippen molar-refractivity contribution in [2.24, 2.45) is 0 Å². The Hall–Kier alpha value is -3.23. The highest BCUT2D eigenvalue weighted by Gasteiger charge is 2.54. The Labute approximate surface area is 192 Å². The second-order valence-electron chi connectivity index (χ2n) is 7.59. The van der Waals surface area contributed by atoms with Gasteiger partial charge in [0.05, 0.1) is 30.7 Å². The van der Waals surface area contributed by atoms with Gasteiger partial charge < -0.3 is 14.9 Å². The first kappa shape index (κ1) is 25.4. The van der Waals surface area contributed by atoms with Gasteiger partial charge in [0, 0.05) is 18.2 Å². The number of aliphatic hydroxyl groups is 2. The van der Waals surface area contributed by atoms with Crippen molar-refractivity contribution in [2.45, 2.75) is 35.8 Å². The fourth-order valence-electron chi connectivity index (χ4n) is 3.47. The van der Waals surface area contributed by atoms with Gasteiger partial charge in [-0.25, -0.2) is 22.5 Å². The largest absolute Gasteiger partial charge is 0.486 e. The van der Waals surface area contributed by atoms with Crippen LogP contribution in [0.15, 0.2) is 41.3 Å². The Bertz CT molecular complexity index is 1300. The van der Waals surface area contributed by atoms with Crippen LogP contribution in [0, 0.1) is 19.0 Å². The van der Waals surface area contributed by atoms with Crippen LogP contribution >= 0.6 is 0 Å². The van der Waals surface area contributed by atoms with Crippen LogP contribution in [-0.4, -0.2) is 53.8 Å². The minimum atomic E-state index is -4.79. The maximum atomic E-state index is 13.9. The molecule has 0 aromatic heterocycles. The van der Waals surface area contributed by atoms with Crippen LogP contribution < -0.4 is 4.74 Å². The Kier molecular flexibility index (Phi) is 6.61. The van der Waals surface area contributed by atoms with Crippen molar-refractivity contribution in [1.29, 1.82) is 0 Å². The van der Waals surface area contributed by atoms with E-state index >= 15 is 0 Å². The average molecular weight is 499 g/mol. The van der Waals surface area contributed by atoms with E-state index in [-0.39, 0.29) is 11.4 Å². The highest BCUT2D eigenvalue weighted by molar-refractivity contribution is 7.89. The first-order valence-electron chi connectivity index (χ1n) is 9.57. The summed E-state index contributed by atoms with van der Waals surface area (Å²) in [6.45, 7) is 13.9. The second-order valence-corrected chi connectivity index (χ2v) is 9.49. The van der Waals surface area contributed by atoms with Crippen molar-refractivity contribution in [1.82, 2.24) is 4.31 Å². The molecule has 180 valence electrons. The van der Waals surface area contributed by atoms with E-state index in [4.69, 9.17) is 17.9 Å². The fourth-order valence-corrected chi connectivity index (χ4v) is 5.07. The molecule has 8 nitrogen and oxygen atoms in total. The van der Waals surface area contributed by atoms with E-state index in [2.05, 4.69) is 9.69 Å². The molecule has 1 heterocycles.